The highest BCUT2D eigenvalue weighted by atomic mass is 32.1. The molecule has 2 amide bonds. The van der Waals surface area contributed by atoms with Crippen LogP contribution in [0.15, 0.2) is 101 Å². The van der Waals surface area contributed by atoms with Gasteiger partial charge in [0.1, 0.15) is 12.0 Å². The van der Waals surface area contributed by atoms with Gasteiger partial charge in [0.15, 0.2) is 17.9 Å². The molecule has 0 radical (unpaired) electrons. The van der Waals surface area contributed by atoms with Gasteiger partial charge in [-0.1, -0.05) is 125 Å². The molecule has 0 spiro atoms. The van der Waals surface area contributed by atoms with Crippen molar-refractivity contribution >= 4 is 47.7 Å². The van der Waals surface area contributed by atoms with Crippen LogP contribution in [0.3, 0.4) is 0 Å². The molecule has 396 valence electrons. The molecule has 1 N–H and O–H groups in total. The van der Waals surface area contributed by atoms with Gasteiger partial charge in [-0.3, -0.25) is 9.59 Å². The lowest BCUT2D eigenvalue weighted by Gasteiger charge is -2.44. The van der Waals surface area contributed by atoms with Crippen molar-refractivity contribution in [3.63, 3.8) is 0 Å². The molecule has 3 aromatic carbocycles. The molecule has 1 aliphatic carbocycles. The Kier molecular flexibility index (Phi) is 16.0. The quantitative estimate of drug-likeness (QED) is 0.0800. The third kappa shape index (κ3) is 11.5. The molecule has 5 atom stereocenters. The number of benzene rings is 3. The maximum Gasteiger partial charge on any atom is 0.261 e. The van der Waals surface area contributed by atoms with Gasteiger partial charge in [-0.25, -0.2) is 4.98 Å². The van der Waals surface area contributed by atoms with E-state index < -0.39 is 26.4 Å². The third-order valence-corrected chi connectivity index (χ3v) is 23.1. The number of carbonyl (C=O) groups excluding carboxylic acids is 2. The van der Waals surface area contributed by atoms with Gasteiger partial charge in [0, 0.05) is 50.7 Å². The number of rotatable bonds is 19. The molecule has 4 aliphatic heterocycles. The van der Waals surface area contributed by atoms with Crippen molar-refractivity contribution in [3.8, 4) is 10.4 Å². The van der Waals surface area contributed by atoms with E-state index in [0.717, 1.165) is 89.5 Å². The molecule has 10 rings (SSSR count). The largest absolute Gasteiger partial charge is 0.403 e. The normalized spacial score (nSPS) is 22.7. The lowest BCUT2D eigenvalue weighted by molar-refractivity contribution is -0.172. The maximum absolute atomic E-state index is 15.4. The van der Waals surface area contributed by atoms with E-state index in [2.05, 4.69) is 133 Å². The Balaban J connectivity index is 0.816. The summed E-state index contributed by atoms with van der Waals surface area (Å²) in [5.74, 6) is 1.60. The van der Waals surface area contributed by atoms with E-state index in [0.29, 0.717) is 23.5 Å². The number of ether oxygens (including phenoxy) is 2. The highest BCUT2D eigenvalue weighted by molar-refractivity contribution is 7.13. The average Bonchev–Trinajstić information content (AvgIpc) is 3.67. The van der Waals surface area contributed by atoms with Crippen LogP contribution >= 0.6 is 11.3 Å². The summed E-state index contributed by atoms with van der Waals surface area (Å²) in [5.41, 5.74) is 5.29. The van der Waals surface area contributed by atoms with E-state index in [1.807, 2.05) is 37.6 Å². The number of nitrogens with zero attached hydrogens (tertiary/aromatic N) is 5. The molecule has 6 heterocycles. The Morgan fingerprint density at radius 2 is 1.58 bits per heavy atom. The fraction of sp³-hybridized carbons (Fsp3) is 0.567. The average molecular weight is 1040 g/mol. The smallest absolute Gasteiger partial charge is 0.261 e. The Labute approximate surface area is 445 Å². The van der Waals surface area contributed by atoms with E-state index >= 15 is 4.79 Å². The van der Waals surface area contributed by atoms with Crippen LogP contribution in [0.4, 0.5) is 5.82 Å². The van der Waals surface area contributed by atoms with Crippen molar-refractivity contribution in [2.24, 2.45) is 23.2 Å². The summed E-state index contributed by atoms with van der Waals surface area (Å²) in [4.78, 5) is 42.6. The van der Waals surface area contributed by atoms with E-state index in [1.54, 1.807) is 16.2 Å². The molecule has 1 saturated carbocycles. The number of aryl methyl sites for hydroxylation is 1. The number of aromatic nitrogens is 2. The van der Waals surface area contributed by atoms with Crippen molar-refractivity contribution in [2.75, 3.05) is 57.4 Å². The number of likely N-dealkylation sites (tertiary alicyclic amines) is 2. The fourth-order valence-corrected chi connectivity index (χ4v) is 18.1. The number of thiazole rings is 1. The van der Waals surface area contributed by atoms with Crippen molar-refractivity contribution in [3.05, 3.63) is 114 Å². The second-order valence-corrected chi connectivity index (χ2v) is 29.0. The first-order chi connectivity index (χ1) is 35.7. The van der Waals surface area contributed by atoms with Gasteiger partial charge >= 0.3 is 0 Å². The second-order valence-electron chi connectivity index (χ2n) is 23.9. The Morgan fingerprint density at radius 1 is 0.892 bits per heavy atom. The molecule has 74 heavy (non-hydrogen) atoms. The van der Waals surface area contributed by atoms with E-state index in [-0.39, 0.29) is 41.6 Å². The van der Waals surface area contributed by atoms with Gasteiger partial charge in [-0.2, -0.15) is 0 Å². The Morgan fingerprint density at radius 3 is 2.18 bits per heavy atom. The molecular formula is C60H80N6O6SSi. The highest BCUT2D eigenvalue weighted by Gasteiger charge is 2.54. The molecule has 5 aromatic rings. The number of amides is 2. The molecule has 2 aromatic heterocycles. The molecule has 4 saturated heterocycles. The summed E-state index contributed by atoms with van der Waals surface area (Å²) in [6, 6.07) is 30.4. The second kappa shape index (κ2) is 22.5. The van der Waals surface area contributed by atoms with Gasteiger partial charge in [0.2, 0.25) is 11.8 Å². The summed E-state index contributed by atoms with van der Waals surface area (Å²) in [6.45, 7) is 22.3. The number of anilines is 1. The number of piperidine rings is 1. The van der Waals surface area contributed by atoms with Gasteiger partial charge in [-0.15, -0.1) is 11.3 Å². The van der Waals surface area contributed by atoms with Crippen molar-refractivity contribution in [2.45, 2.75) is 142 Å². The minimum absolute atomic E-state index is 0.000771. The zero-order valence-corrected chi connectivity index (χ0v) is 46.8. The molecular weight excluding hydrogens is 961 g/mol. The molecule has 5 aliphatic rings. The van der Waals surface area contributed by atoms with Crippen molar-refractivity contribution in [1.82, 2.24) is 25.3 Å². The minimum atomic E-state index is -3.04. The minimum Gasteiger partial charge on any atom is -0.403 e. The Hall–Kier alpha value is -4.70. The van der Waals surface area contributed by atoms with Crippen molar-refractivity contribution in [1.29, 1.82) is 0 Å². The fourth-order valence-electron chi connectivity index (χ4n) is 12.6. The number of hydrogen-bond donors (Lipinski definition) is 1. The van der Waals surface area contributed by atoms with Crippen molar-refractivity contribution < 1.29 is 28.0 Å². The van der Waals surface area contributed by atoms with Crippen LogP contribution in [0.25, 0.3) is 10.4 Å². The van der Waals surface area contributed by atoms with Crippen LogP contribution in [0.1, 0.15) is 128 Å². The van der Waals surface area contributed by atoms with Crippen LogP contribution in [0.5, 0.6) is 0 Å². The summed E-state index contributed by atoms with van der Waals surface area (Å²) in [6.07, 6.45) is 9.65. The van der Waals surface area contributed by atoms with Crippen LogP contribution in [0, 0.1) is 30.1 Å². The topological polar surface area (TPSA) is 122 Å². The molecule has 0 bridgehead atoms. The first-order valence-corrected chi connectivity index (χ1v) is 30.5. The molecule has 14 heteroatoms. The van der Waals surface area contributed by atoms with E-state index in [9.17, 15) is 4.79 Å². The summed E-state index contributed by atoms with van der Waals surface area (Å²) in [7, 11) is -3.04. The van der Waals surface area contributed by atoms with E-state index in [1.165, 1.54) is 51.6 Å². The van der Waals surface area contributed by atoms with Crippen LogP contribution < -0.4 is 20.6 Å². The predicted octanol–water partition coefficient (Wildman–Crippen LogP) is 10.1. The molecule has 2 unspecified atom stereocenters. The number of nitrogens with one attached hydrogen (secondary N) is 1. The third-order valence-electron chi connectivity index (χ3n) is 17.0. The van der Waals surface area contributed by atoms with Gasteiger partial charge < -0.3 is 38.4 Å². The molecule has 5 fully saturated rings. The lowest BCUT2D eigenvalue weighted by Crippen LogP contribution is -2.67. The standard InChI is InChI=1S/C60H80N6O6SSi/c1-41(2)55(52-34-53(63-71-52)65-35-45(36-65)32-44-25-29-64(30-26-44)38-60(27-28-60)39-70-54-20-14-15-31-69-54)58(68)66-37-48(72-74(59(5,6)7,49-16-10-8-11-17-49)50-18-12-9-13-19-50)33-51(66)57(67)62-42(3)46-21-23-47(24-22-46)56-43(4)61-40-73-56/h8-13,16-19,21-24,34,40-42,44-45,48,51,54-55H,14-15,20,25-33,35-39H2,1-7H3,(H,62,67)/t42-,48+,51-,54?,55?/m0/s1. The maximum atomic E-state index is 15.4. The zero-order chi connectivity index (χ0) is 51.6. The van der Waals surface area contributed by atoms with Gasteiger partial charge in [0.25, 0.3) is 8.32 Å². The number of carbonyl (C=O) groups is 2. The van der Waals surface area contributed by atoms with Crippen LogP contribution in [0.2, 0.25) is 5.04 Å². The first kappa shape index (κ1) is 52.7. The Bertz CT molecular complexity index is 2590. The predicted molar refractivity (Wildman–Crippen MR) is 296 cm³/mol. The molecule has 12 nitrogen and oxygen atoms in total. The monoisotopic (exact) mass is 1040 g/mol. The van der Waals surface area contributed by atoms with E-state index in [4.69, 9.17) is 18.4 Å². The first-order valence-electron chi connectivity index (χ1n) is 27.8. The lowest BCUT2D eigenvalue weighted by atomic mass is 9.83. The van der Waals surface area contributed by atoms with Crippen LogP contribution in [-0.4, -0.2) is 111 Å². The highest BCUT2D eigenvalue weighted by Crippen LogP contribution is 2.48. The SMILES string of the molecule is Cc1ncsc1-c1ccc([C@H](C)NC(=O)[C@@H]2C[C@@H](O[Si](c3ccccc3)(c3ccccc3)C(C)(C)C)CN2C(=O)C(c2cc(N3CC(CC4CCN(CC5(COC6CCCCO6)CC5)CC4)C3)no2)C(C)C)cc1. The van der Waals surface area contributed by atoms with Gasteiger partial charge in [0.05, 0.1) is 34.8 Å². The van der Waals surface area contributed by atoms with Gasteiger partial charge in [-0.05, 0) is 123 Å². The summed E-state index contributed by atoms with van der Waals surface area (Å²) in [5, 5.41) is 9.96. The summed E-state index contributed by atoms with van der Waals surface area (Å²) < 4.78 is 25.9. The zero-order valence-electron chi connectivity index (χ0n) is 45.0. The summed E-state index contributed by atoms with van der Waals surface area (Å²) >= 11 is 1.62. The van der Waals surface area contributed by atoms with Crippen LogP contribution in [-0.2, 0) is 23.5 Å². The number of hydrogen-bond acceptors (Lipinski definition) is 11.